The normalized spacial score (nSPS) is 16.3. The number of hydrazine groups is 1. The molecule has 0 amide bonds. The quantitative estimate of drug-likeness (QED) is 0.929. The number of rotatable bonds is 3. The number of pyridine rings is 1. The standard InChI is InChI=1S/C15H19N3O2/c1-11-9-15(17-18-5-7-20-8-6-18)13-10-12(19-2)3-4-14(13)16-11/h3-4,9-10H,5-8H2,1-2H3,(H,16,17). The minimum absolute atomic E-state index is 0.762. The van der Waals surface area contributed by atoms with Gasteiger partial charge < -0.3 is 14.9 Å². The molecule has 0 atom stereocenters. The molecule has 2 heterocycles. The first-order valence-electron chi connectivity index (χ1n) is 6.81. The summed E-state index contributed by atoms with van der Waals surface area (Å²) in [5.41, 5.74) is 6.51. The Morgan fingerprint density at radius 2 is 2.05 bits per heavy atom. The highest BCUT2D eigenvalue weighted by molar-refractivity contribution is 5.92. The summed E-state index contributed by atoms with van der Waals surface area (Å²) in [6.45, 7) is 5.30. The van der Waals surface area contributed by atoms with Gasteiger partial charge in [-0.1, -0.05) is 0 Å². The van der Waals surface area contributed by atoms with Crippen molar-refractivity contribution in [2.75, 3.05) is 38.8 Å². The third-order valence-corrected chi connectivity index (χ3v) is 3.43. The summed E-state index contributed by atoms with van der Waals surface area (Å²) >= 11 is 0. The molecule has 1 aliphatic heterocycles. The van der Waals surface area contributed by atoms with Gasteiger partial charge in [0.15, 0.2) is 0 Å². The van der Waals surface area contributed by atoms with Crippen molar-refractivity contribution in [3.8, 4) is 5.75 Å². The summed E-state index contributed by atoms with van der Waals surface area (Å²) in [5, 5.41) is 3.25. The number of fused-ring (bicyclic) bond motifs is 1. The fourth-order valence-electron chi connectivity index (χ4n) is 2.40. The third-order valence-electron chi connectivity index (χ3n) is 3.43. The van der Waals surface area contributed by atoms with Crippen LogP contribution in [0.15, 0.2) is 24.3 Å². The molecule has 5 heteroatoms. The minimum Gasteiger partial charge on any atom is -0.497 e. The zero-order valence-electron chi connectivity index (χ0n) is 11.8. The number of aryl methyl sites for hydroxylation is 1. The Morgan fingerprint density at radius 1 is 1.25 bits per heavy atom. The van der Waals surface area contributed by atoms with Crippen LogP contribution in [0.2, 0.25) is 0 Å². The second-order valence-electron chi connectivity index (χ2n) is 4.91. The average Bonchev–Trinajstić information content (AvgIpc) is 2.48. The maximum Gasteiger partial charge on any atom is 0.119 e. The molecule has 2 aromatic rings. The molecule has 1 N–H and O–H groups in total. The summed E-state index contributed by atoms with van der Waals surface area (Å²) in [6.07, 6.45) is 0. The third kappa shape index (κ3) is 2.69. The molecule has 1 saturated heterocycles. The number of nitrogens with zero attached hydrogens (tertiary/aromatic N) is 2. The van der Waals surface area contributed by atoms with Crippen LogP contribution in [0, 0.1) is 6.92 Å². The Kier molecular flexibility index (Phi) is 3.71. The molecule has 0 saturated carbocycles. The summed E-state index contributed by atoms with van der Waals surface area (Å²) in [4.78, 5) is 4.57. The minimum atomic E-state index is 0.762. The predicted molar refractivity (Wildman–Crippen MR) is 79.0 cm³/mol. The number of methoxy groups -OCH3 is 1. The molecule has 0 aliphatic carbocycles. The molecule has 5 nitrogen and oxygen atoms in total. The highest BCUT2D eigenvalue weighted by atomic mass is 16.5. The van der Waals surface area contributed by atoms with E-state index < -0.39 is 0 Å². The zero-order chi connectivity index (χ0) is 13.9. The van der Waals surface area contributed by atoms with Crippen LogP contribution in [-0.2, 0) is 4.74 Å². The highest BCUT2D eigenvalue weighted by Crippen LogP contribution is 2.27. The number of aromatic nitrogens is 1. The maximum absolute atomic E-state index is 5.37. The molecule has 0 bridgehead atoms. The van der Waals surface area contributed by atoms with Gasteiger partial charge in [-0.15, -0.1) is 0 Å². The molecule has 0 radical (unpaired) electrons. The van der Waals surface area contributed by atoms with Gasteiger partial charge in [0, 0.05) is 24.2 Å². The number of hydrogen-bond donors (Lipinski definition) is 1. The van der Waals surface area contributed by atoms with Gasteiger partial charge in [0.1, 0.15) is 5.75 Å². The van der Waals surface area contributed by atoms with Crippen LogP contribution in [0.3, 0.4) is 0 Å². The SMILES string of the molecule is COc1ccc2nc(C)cc(NN3CCOCC3)c2c1. The number of benzene rings is 1. The molecule has 3 rings (SSSR count). The second-order valence-corrected chi connectivity index (χ2v) is 4.91. The second kappa shape index (κ2) is 5.64. The van der Waals surface area contributed by atoms with E-state index in [1.54, 1.807) is 7.11 Å². The summed E-state index contributed by atoms with van der Waals surface area (Å²) in [7, 11) is 1.68. The van der Waals surface area contributed by atoms with Crippen LogP contribution in [-0.4, -0.2) is 43.4 Å². The Bertz CT molecular complexity index is 609. The maximum atomic E-state index is 5.37. The van der Waals surface area contributed by atoms with E-state index in [4.69, 9.17) is 9.47 Å². The molecule has 106 valence electrons. The summed E-state index contributed by atoms with van der Waals surface area (Å²) in [6, 6.07) is 8.01. The fourth-order valence-corrected chi connectivity index (χ4v) is 2.40. The first kappa shape index (κ1) is 13.1. The first-order chi connectivity index (χ1) is 9.76. The van der Waals surface area contributed by atoms with E-state index in [-0.39, 0.29) is 0 Å². The van der Waals surface area contributed by atoms with E-state index in [9.17, 15) is 0 Å². The molecule has 20 heavy (non-hydrogen) atoms. The number of anilines is 1. The monoisotopic (exact) mass is 273 g/mol. The highest BCUT2D eigenvalue weighted by Gasteiger charge is 2.12. The van der Waals surface area contributed by atoms with Gasteiger partial charge in [-0.3, -0.25) is 4.98 Å². The van der Waals surface area contributed by atoms with Gasteiger partial charge in [0.2, 0.25) is 0 Å². The van der Waals surface area contributed by atoms with E-state index in [2.05, 4.69) is 21.5 Å². The van der Waals surface area contributed by atoms with Crippen molar-refractivity contribution < 1.29 is 9.47 Å². The van der Waals surface area contributed by atoms with Crippen molar-refractivity contribution >= 4 is 16.6 Å². The van der Waals surface area contributed by atoms with E-state index in [0.717, 1.165) is 54.3 Å². The van der Waals surface area contributed by atoms with Crippen LogP contribution in [0.1, 0.15) is 5.69 Å². The zero-order valence-corrected chi connectivity index (χ0v) is 11.8. The van der Waals surface area contributed by atoms with Gasteiger partial charge in [-0.25, -0.2) is 5.01 Å². The van der Waals surface area contributed by atoms with Gasteiger partial charge in [0.25, 0.3) is 0 Å². The van der Waals surface area contributed by atoms with Crippen LogP contribution in [0.4, 0.5) is 5.69 Å². The number of morpholine rings is 1. The molecule has 1 aliphatic rings. The van der Waals surface area contributed by atoms with Crippen LogP contribution in [0.25, 0.3) is 10.9 Å². The average molecular weight is 273 g/mol. The summed E-state index contributed by atoms with van der Waals surface area (Å²) in [5.74, 6) is 0.841. The van der Waals surface area contributed by atoms with Crippen molar-refractivity contribution in [1.82, 2.24) is 9.99 Å². The van der Waals surface area contributed by atoms with Gasteiger partial charge in [-0.2, -0.15) is 0 Å². The lowest BCUT2D eigenvalue weighted by atomic mass is 10.1. The molecular weight excluding hydrogens is 254 g/mol. The van der Waals surface area contributed by atoms with E-state index in [1.807, 2.05) is 25.1 Å². The van der Waals surface area contributed by atoms with E-state index in [0.29, 0.717) is 0 Å². The molecule has 1 aromatic heterocycles. The smallest absolute Gasteiger partial charge is 0.119 e. The van der Waals surface area contributed by atoms with E-state index >= 15 is 0 Å². The van der Waals surface area contributed by atoms with Crippen molar-refractivity contribution in [1.29, 1.82) is 0 Å². The Balaban J connectivity index is 1.98. The number of ether oxygens (including phenoxy) is 2. The lowest BCUT2D eigenvalue weighted by Gasteiger charge is -2.28. The number of hydrogen-bond acceptors (Lipinski definition) is 5. The molecule has 0 unspecified atom stereocenters. The van der Waals surface area contributed by atoms with Crippen molar-refractivity contribution in [3.05, 3.63) is 30.0 Å². The molecule has 1 aromatic carbocycles. The lowest BCUT2D eigenvalue weighted by molar-refractivity contribution is 0.0497. The lowest BCUT2D eigenvalue weighted by Crippen LogP contribution is -2.40. The predicted octanol–water partition coefficient (Wildman–Crippen LogP) is 2.21. The van der Waals surface area contributed by atoms with Crippen molar-refractivity contribution in [2.45, 2.75) is 6.92 Å². The first-order valence-corrected chi connectivity index (χ1v) is 6.81. The topological polar surface area (TPSA) is 46.6 Å². The Labute approximate surface area is 118 Å². The molecule has 0 spiro atoms. The van der Waals surface area contributed by atoms with Crippen molar-refractivity contribution in [3.63, 3.8) is 0 Å². The fraction of sp³-hybridized carbons (Fsp3) is 0.400. The summed E-state index contributed by atoms with van der Waals surface area (Å²) < 4.78 is 10.7. The number of nitrogens with one attached hydrogen (secondary N) is 1. The van der Waals surface area contributed by atoms with Crippen LogP contribution in [0.5, 0.6) is 5.75 Å². The molecular formula is C15H19N3O2. The Morgan fingerprint density at radius 3 is 2.80 bits per heavy atom. The largest absolute Gasteiger partial charge is 0.497 e. The van der Waals surface area contributed by atoms with Gasteiger partial charge in [-0.05, 0) is 31.2 Å². The van der Waals surface area contributed by atoms with Crippen molar-refractivity contribution in [2.24, 2.45) is 0 Å². The van der Waals surface area contributed by atoms with Crippen LogP contribution < -0.4 is 10.2 Å². The van der Waals surface area contributed by atoms with Crippen LogP contribution >= 0.6 is 0 Å². The molecule has 1 fully saturated rings. The van der Waals surface area contributed by atoms with Gasteiger partial charge >= 0.3 is 0 Å². The Hall–Kier alpha value is -1.85. The van der Waals surface area contributed by atoms with E-state index in [1.165, 1.54) is 0 Å². The van der Waals surface area contributed by atoms with Gasteiger partial charge in [0.05, 0.1) is 31.5 Å².